The summed E-state index contributed by atoms with van der Waals surface area (Å²) in [5.74, 6) is -1.58. The third-order valence-electron chi connectivity index (χ3n) is 4.55. The van der Waals surface area contributed by atoms with Crippen LogP contribution in [0.25, 0.3) is 11.1 Å². The van der Waals surface area contributed by atoms with Crippen LogP contribution in [0.4, 0.5) is 4.39 Å². The van der Waals surface area contributed by atoms with Crippen LogP contribution in [0.5, 0.6) is 5.75 Å². The van der Waals surface area contributed by atoms with Crippen LogP contribution in [0, 0.1) is 5.82 Å². The van der Waals surface area contributed by atoms with E-state index in [1.165, 1.54) is 13.2 Å². The van der Waals surface area contributed by atoms with Gasteiger partial charge in [0.15, 0.2) is 0 Å². The summed E-state index contributed by atoms with van der Waals surface area (Å²) in [6, 6.07) is 18.1. The second-order valence-electron chi connectivity index (χ2n) is 8.17. The first-order valence-electron chi connectivity index (χ1n) is 10.1. The van der Waals surface area contributed by atoms with Gasteiger partial charge in [-0.25, -0.2) is 14.0 Å². The summed E-state index contributed by atoms with van der Waals surface area (Å²) in [6.07, 6.45) is 0. The van der Waals surface area contributed by atoms with Crippen LogP contribution >= 0.6 is 0 Å². The lowest BCUT2D eigenvalue weighted by Crippen LogP contribution is -2.23. The Labute approximate surface area is 186 Å². The molecule has 3 rings (SSSR count). The molecular weight excluding hydrogens is 411 g/mol. The molecule has 0 atom stereocenters. The summed E-state index contributed by atoms with van der Waals surface area (Å²) in [5.41, 5.74) is 1.35. The van der Waals surface area contributed by atoms with E-state index in [4.69, 9.17) is 14.2 Å². The van der Waals surface area contributed by atoms with Gasteiger partial charge in [-0.2, -0.15) is 0 Å². The van der Waals surface area contributed by atoms with Gasteiger partial charge < -0.3 is 14.2 Å². The highest BCUT2D eigenvalue weighted by molar-refractivity contribution is 5.94. The van der Waals surface area contributed by atoms with E-state index >= 15 is 0 Å². The number of hydrogen-bond acceptors (Lipinski definition) is 5. The first kappa shape index (κ1) is 23.0. The number of ether oxygens (including phenoxy) is 3. The number of halogens is 1. The van der Waals surface area contributed by atoms with E-state index in [9.17, 15) is 14.0 Å². The number of carbonyl (C=O) groups is 2. The van der Waals surface area contributed by atoms with Crippen LogP contribution in [0.15, 0.2) is 66.7 Å². The topological polar surface area (TPSA) is 61.8 Å². The molecule has 0 saturated carbocycles. The lowest BCUT2D eigenvalue weighted by atomic mass is 10.00. The summed E-state index contributed by atoms with van der Waals surface area (Å²) < 4.78 is 30.7. The third-order valence-corrected chi connectivity index (χ3v) is 4.55. The van der Waals surface area contributed by atoms with E-state index in [1.54, 1.807) is 45.0 Å². The summed E-state index contributed by atoms with van der Waals surface area (Å²) >= 11 is 0. The van der Waals surface area contributed by atoms with E-state index in [2.05, 4.69) is 0 Å². The van der Waals surface area contributed by atoms with E-state index in [0.29, 0.717) is 11.1 Å². The van der Waals surface area contributed by atoms with Gasteiger partial charge in [0.25, 0.3) is 0 Å². The monoisotopic (exact) mass is 436 g/mol. The molecule has 6 heteroatoms. The van der Waals surface area contributed by atoms with Gasteiger partial charge in [0.1, 0.15) is 29.3 Å². The highest BCUT2D eigenvalue weighted by atomic mass is 19.1. The molecule has 0 N–H and O–H groups in total. The van der Waals surface area contributed by atoms with Crippen molar-refractivity contribution in [2.75, 3.05) is 7.11 Å². The van der Waals surface area contributed by atoms with Crippen molar-refractivity contribution in [2.45, 2.75) is 33.0 Å². The minimum absolute atomic E-state index is 0.0784. The first-order valence-corrected chi connectivity index (χ1v) is 10.1. The fourth-order valence-corrected chi connectivity index (χ4v) is 3.03. The molecule has 0 aliphatic heterocycles. The second-order valence-corrected chi connectivity index (χ2v) is 8.17. The number of hydrogen-bond donors (Lipinski definition) is 0. The Morgan fingerprint density at radius 3 is 2.16 bits per heavy atom. The van der Waals surface area contributed by atoms with Crippen molar-refractivity contribution < 1.29 is 28.2 Å². The van der Waals surface area contributed by atoms with Crippen molar-refractivity contribution >= 4 is 11.9 Å². The van der Waals surface area contributed by atoms with Crippen molar-refractivity contribution in [2.24, 2.45) is 0 Å². The molecule has 0 fully saturated rings. The van der Waals surface area contributed by atoms with Crippen molar-refractivity contribution in [1.82, 2.24) is 0 Å². The Bertz CT molecular complexity index is 1100. The predicted octanol–water partition coefficient (Wildman–Crippen LogP) is 5.81. The van der Waals surface area contributed by atoms with Gasteiger partial charge in [-0.3, -0.25) is 0 Å². The fourth-order valence-electron chi connectivity index (χ4n) is 3.03. The molecule has 0 amide bonds. The zero-order valence-electron chi connectivity index (χ0n) is 18.5. The molecule has 0 aromatic heterocycles. The number of rotatable bonds is 6. The molecular formula is C26H25FO5. The van der Waals surface area contributed by atoms with Gasteiger partial charge in [0.05, 0.1) is 12.7 Å². The van der Waals surface area contributed by atoms with Gasteiger partial charge in [-0.1, -0.05) is 42.5 Å². The average Bonchev–Trinajstić information content (AvgIpc) is 2.77. The molecule has 3 aromatic carbocycles. The van der Waals surface area contributed by atoms with Gasteiger partial charge in [0.2, 0.25) is 0 Å². The lowest BCUT2D eigenvalue weighted by Gasteiger charge is -2.19. The zero-order valence-corrected chi connectivity index (χ0v) is 18.5. The highest BCUT2D eigenvalue weighted by Crippen LogP contribution is 2.31. The summed E-state index contributed by atoms with van der Waals surface area (Å²) in [4.78, 5) is 24.9. The van der Waals surface area contributed by atoms with Crippen molar-refractivity contribution in [3.63, 3.8) is 0 Å². The quantitative estimate of drug-likeness (QED) is 0.456. The molecule has 0 aliphatic carbocycles. The Morgan fingerprint density at radius 1 is 0.906 bits per heavy atom. The Hall–Kier alpha value is -3.67. The standard InChI is InChI=1S/C26H25FO5/c1-26(2,3)32-24(28)19-12-10-18(11-13-19)20-14-21(23(30-4)15-22(20)27)25(29)31-16-17-8-6-5-7-9-17/h5-15H,16H2,1-4H3. The van der Waals surface area contributed by atoms with E-state index < -0.39 is 23.4 Å². The molecule has 0 heterocycles. The van der Waals surface area contributed by atoms with Gasteiger partial charge >= 0.3 is 11.9 Å². The van der Waals surface area contributed by atoms with Crippen molar-refractivity contribution in [3.05, 3.63) is 89.2 Å². The van der Waals surface area contributed by atoms with E-state index in [-0.39, 0.29) is 23.5 Å². The maximum absolute atomic E-state index is 14.8. The molecule has 0 saturated heterocycles. The summed E-state index contributed by atoms with van der Waals surface area (Å²) in [5, 5.41) is 0. The number of methoxy groups -OCH3 is 1. The van der Waals surface area contributed by atoms with Crippen LogP contribution in [0.2, 0.25) is 0 Å². The maximum Gasteiger partial charge on any atom is 0.342 e. The molecule has 3 aromatic rings. The van der Waals surface area contributed by atoms with Gasteiger partial charge in [0, 0.05) is 11.6 Å². The Balaban J connectivity index is 1.85. The third kappa shape index (κ3) is 5.72. The number of carbonyl (C=O) groups excluding carboxylic acids is 2. The Kier molecular flexibility index (Phi) is 6.93. The van der Waals surface area contributed by atoms with Crippen molar-refractivity contribution in [3.8, 4) is 16.9 Å². The van der Waals surface area contributed by atoms with Crippen LogP contribution in [-0.4, -0.2) is 24.6 Å². The fraction of sp³-hybridized carbons (Fsp3) is 0.231. The normalized spacial score (nSPS) is 11.0. The SMILES string of the molecule is COc1cc(F)c(-c2ccc(C(=O)OC(C)(C)C)cc2)cc1C(=O)OCc1ccccc1. The summed E-state index contributed by atoms with van der Waals surface area (Å²) in [6.45, 7) is 5.43. The number of esters is 2. The molecule has 0 radical (unpaired) electrons. The van der Waals surface area contributed by atoms with Crippen LogP contribution in [0.3, 0.4) is 0 Å². The second kappa shape index (κ2) is 9.64. The molecule has 5 nitrogen and oxygen atoms in total. The zero-order chi connectivity index (χ0) is 23.3. The van der Waals surface area contributed by atoms with Crippen LogP contribution in [-0.2, 0) is 16.1 Å². The molecule has 166 valence electrons. The Morgan fingerprint density at radius 2 is 1.56 bits per heavy atom. The summed E-state index contributed by atoms with van der Waals surface area (Å²) in [7, 11) is 1.36. The molecule has 0 unspecified atom stereocenters. The minimum Gasteiger partial charge on any atom is -0.496 e. The molecule has 0 aliphatic rings. The minimum atomic E-state index is -0.627. The van der Waals surface area contributed by atoms with Gasteiger partial charge in [-0.05, 0) is 50.1 Å². The lowest BCUT2D eigenvalue weighted by molar-refractivity contribution is 0.00693. The largest absolute Gasteiger partial charge is 0.496 e. The smallest absolute Gasteiger partial charge is 0.342 e. The average molecular weight is 436 g/mol. The first-order chi connectivity index (χ1) is 15.2. The van der Waals surface area contributed by atoms with E-state index in [0.717, 1.165) is 11.6 Å². The number of benzene rings is 3. The van der Waals surface area contributed by atoms with Crippen molar-refractivity contribution in [1.29, 1.82) is 0 Å². The highest BCUT2D eigenvalue weighted by Gasteiger charge is 2.21. The predicted molar refractivity (Wildman–Crippen MR) is 119 cm³/mol. The van der Waals surface area contributed by atoms with E-state index in [1.807, 2.05) is 30.3 Å². The van der Waals surface area contributed by atoms with Gasteiger partial charge in [-0.15, -0.1) is 0 Å². The molecule has 0 spiro atoms. The van der Waals surface area contributed by atoms with Crippen LogP contribution < -0.4 is 4.74 Å². The van der Waals surface area contributed by atoms with Crippen LogP contribution in [0.1, 0.15) is 47.1 Å². The molecule has 32 heavy (non-hydrogen) atoms. The maximum atomic E-state index is 14.8. The molecule has 0 bridgehead atoms.